The minimum Gasteiger partial charge on any atom is -0.0651 e. The van der Waals surface area contributed by atoms with Gasteiger partial charge in [0, 0.05) is 0 Å². The van der Waals surface area contributed by atoms with Crippen molar-refractivity contribution in [3.8, 4) is 0 Å². The molecule has 0 saturated carbocycles. The summed E-state index contributed by atoms with van der Waals surface area (Å²) in [6.07, 6.45) is 3.64. The Morgan fingerprint density at radius 1 is 1.13 bits per heavy atom. The zero-order valence-corrected chi connectivity index (χ0v) is 10.9. The Morgan fingerprint density at radius 3 is 2.33 bits per heavy atom. The van der Waals surface area contributed by atoms with E-state index in [-0.39, 0.29) is 0 Å². The number of aryl methyl sites for hydroxylation is 2. The number of hydrogen-bond acceptors (Lipinski definition) is 0. The normalized spacial score (nSPS) is 11.8. The smallest absolute Gasteiger partial charge is 0.0106 e. The van der Waals surface area contributed by atoms with Gasteiger partial charge in [-0.15, -0.1) is 0 Å². The van der Waals surface area contributed by atoms with E-state index in [1.807, 2.05) is 0 Å². The van der Waals surface area contributed by atoms with E-state index >= 15 is 0 Å². The van der Waals surface area contributed by atoms with Crippen LogP contribution in [0.1, 0.15) is 57.2 Å². The Kier molecular flexibility index (Phi) is 3.96. The van der Waals surface area contributed by atoms with E-state index in [4.69, 9.17) is 0 Å². The number of hydrogen-bond donors (Lipinski definition) is 0. The van der Waals surface area contributed by atoms with Gasteiger partial charge in [-0.3, -0.25) is 0 Å². The lowest BCUT2D eigenvalue weighted by atomic mass is 9.81. The van der Waals surface area contributed by atoms with Gasteiger partial charge in [0.1, 0.15) is 0 Å². The van der Waals surface area contributed by atoms with Crippen LogP contribution in [0.4, 0.5) is 0 Å². The first-order valence-corrected chi connectivity index (χ1v) is 6.11. The number of rotatable bonds is 4. The van der Waals surface area contributed by atoms with Gasteiger partial charge in [-0.05, 0) is 41.9 Å². The molecule has 0 nitrogen and oxygen atoms in total. The predicted molar refractivity (Wildman–Crippen MR) is 68.5 cm³/mol. The molecule has 0 aliphatic heterocycles. The van der Waals surface area contributed by atoms with E-state index in [2.05, 4.69) is 52.8 Å². The predicted octanol–water partition coefficient (Wildman–Crippen LogP) is 4.64. The Hall–Kier alpha value is -0.780. The van der Waals surface area contributed by atoms with Crippen LogP contribution >= 0.6 is 0 Å². The summed E-state index contributed by atoms with van der Waals surface area (Å²) in [4.78, 5) is 0. The van der Waals surface area contributed by atoms with E-state index in [0.717, 1.165) is 0 Å². The van der Waals surface area contributed by atoms with Crippen LogP contribution in [0, 0.1) is 6.92 Å². The molecule has 0 heteroatoms. The van der Waals surface area contributed by atoms with Gasteiger partial charge in [0.15, 0.2) is 0 Å². The number of benzene rings is 1. The van der Waals surface area contributed by atoms with Crippen molar-refractivity contribution < 1.29 is 0 Å². The van der Waals surface area contributed by atoms with Gasteiger partial charge in [-0.2, -0.15) is 0 Å². The molecule has 0 unspecified atom stereocenters. The summed E-state index contributed by atoms with van der Waals surface area (Å²) < 4.78 is 0. The minimum absolute atomic E-state index is 0.316. The highest BCUT2D eigenvalue weighted by molar-refractivity contribution is 5.34. The molecule has 0 radical (unpaired) electrons. The van der Waals surface area contributed by atoms with Crippen LogP contribution < -0.4 is 0 Å². The van der Waals surface area contributed by atoms with Crippen LogP contribution in [0.5, 0.6) is 0 Å². The summed E-state index contributed by atoms with van der Waals surface area (Å²) in [7, 11) is 0. The molecule has 0 N–H and O–H groups in total. The molecule has 0 fully saturated rings. The van der Waals surface area contributed by atoms with Gasteiger partial charge >= 0.3 is 0 Å². The zero-order chi connectivity index (χ0) is 11.5. The van der Waals surface area contributed by atoms with Crippen molar-refractivity contribution in [2.45, 2.75) is 59.3 Å². The van der Waals surface area contributed by atoms with Gasteiger partial charge in [0.25, 0.3) is 0 Å². The second kappa shape index (κ2) is 4.83. The largest absolute Gasteiger partial charge is 0.0651 e. The van der Waals surface area contributed by atoms with E-state index in [0.29, 0.717) is 5.41 Å². The first kappa shape index (κ1) is 12.3. The third kappa shape index (κ3) is 2.84. The third-order valence-electron chi connectivity index (χ3n) is 3.53. The molecule has 0 amide bonds. The van der Waals surface area contributed by atoms with Crippen molar-refractivity contribution in [2.24, 2.45) is 0 Å². The molecular formula is C15H24. The van der Waals surface area contributed by atoms with Crippen LogP contribution in [0.2, 0.25) is 0 Å². The third-order valence-corrected chi connectivity index (χ3v) is 3.53. The Morgan fingerprint density at radius 2 is 1.80 bits per heavy atom. The fourth-order valence-electron chi connectivity index (χ4n) is 1.84. The topological polar surface area (TPSA) is 0 Å². The summed E-state index contributed by atoms with van der Waals surface area (Å²) in [6.45, 7) is 11.4. The first-order chi connectivity index (χ1) is 7.01. The first-order valence-electron chi connectivity index (χ1n) is 6.11. The van der Waals surface area contributed by atoms with Crippen LogP contribution in [0.15, 0.2) is 18.2 Å². The Balaban J connectivity index is 3.07. The molecule has 0 spiro atoms. The van der Waals surface area contributed by atoms with Gasteiger partial charge in [0.2, 0.25) is 0 Å². The fourth-order valence-corrected chi connectivity index (χ4v) is 1.84. The van der Waals surface area contributed by atoms with Crippen molar-refractivity contribution in [3.05, 3.63) is 34.9 Å². The molecule has 1 aromatic rings. The lowest BCUT2D eigenvalue weighted by molar-refractivity contribution is 0.505. The molecule has 0 aliphatic rings. The van der Waals surface area contributed by atoms with E-state index in [9.17, 15) is 0 Å². The molecule has 1 aromatic carbocycles. The van der Waals surface area contributed by atoms with Crippen molar-refractivity contribution >= 4 is 0 Å². The molecule has 0 aliphatic carbocycles. The molecule has 0 heterocycles. The zero-order valence-electron chi connectivity index (χ0n) is 10.9. The standard InChI is InChI=1S/C15H24/c1-6-8-13-11-14(10-9-12(13)3)15(4,5)7-2/h9-11H,6-8H2,1-5H3. The summed E-state index contributed by atoms with van der Waals surface area (Å²) in [6, 6.07) is 6.97. The average Bonchev–Trinajstić information content (AvgIpc) is 2.21. The van der Waals surface area contributed by atoms with Crippen molar-refractivity contribution in [1.82, 2.24) is 0 Å². The summed E-state index contributed by atoms with van der Waals surface area (Å²) in [5, 5.41) is 0. The molecule has 0 saturated heterocycles. The van der Waals surface area contributed by atoms with Gasteiger partial charge < -0.3 is 0 Å². The Bertz CT molecular complexity index is 321. The van der Waals surface area contributed by atoms with E-state index in [1.54, 1.807) is 0 Å². The lowest BCUT2D eigenvalue weighted by Crippen LogP contribution is -2.15. The molecule has 0 bridgehead atoms. The monoisotopic (exact) mass is 204 g/mol. The fraction of sp³-hybridized carbons (Fsp3) is 0.600. The molecule has 0 atom stereocenters. The SMILES string of the molecule is CCCc1cc(C(C)(C)CC)ccc1C. The van der Waals surface area contributed by atoms with E-state index < -0.39 is 0 Å². The summed E-state index contributed by atoms with van der Waals surface area (Å²) in [5.41, 5.74) is 4.76. The summed E-state index contributed by atoms with van der Waals surface area (Å²) >= 11 is 0. The van der Waals surface area contributed by atoms with Crippen LogP contribution in [0.25, 0.3) is 0 Å². The Labute approximate surface area is 94.7 Å². The molecule has 0 aromatic heterocycles. The highest BCUT2D eigenvalue weighted by atomic mass is 14.2. The van der Waals surface area contributed by atoms with Gasteiger partial charge in [-0.25, -0.2) is 0 Å². The second-order valence-electron chi connectivity index (χ2n) is 5.13. The quantitative estimate of drug-likeness (QED) is 0.670. The lowest BCUT2D eigenvalue weighted by Gasteiger charge is -2.24. The van der Waals surface area contributed by atoms with Crippen LogP contribution in [-0.4, -0.2) is 0 Å². The van der Waals surface area contributed by atoms with Gasteiger partial charge in [0.05, 0.1) is 0 Å². The van der Waals surface area contributed by atoms with Crippen LogP contribution in [-0.2, 0) is 11.8 Å². The molecule has 1 rings (SSSR count). The second-order valence-corrected chi connectivity index (χ2v) is 5.13. The van der Waals surface area contributed by atoms with Crippen molar-refractivity contribution in [2.75, 3.05) is 0 Å². The summed E-state index contributed by atoms with van der Waals surface area (Å²) in [5.74, 6) is 0. The van der Waals surface area contributed by atoms with Crippen molar-refractivity contribution in [3.63, 3.8) is 0 Å². The van der Waals surface area contributed by atoms with E-state index in [1.165, 1.54) is 36.0 Å². The maximum Gasteiger partial charge on any atom is -0.0106 e. The molecular weight excluding hydrogens is 180 g/mol. The molecule has 84 valence electrons. The maximum absolute atomic E-state index is 2.41. The average molecular weight is 204 g/mol. The van der Waals surface area contributed by atoms with Gasteiger partial charge in [-0.1, -0.05) is 52.3 Å². The molecule has 15 heavy (non-hydrogen) atoms. The maximum atomic E-state index is 2.41. The highest BCUT2D eigenvalue weighted by Crippen LogP contribution is 2.28. The minimum atomic E-state index is 0.316. The highest BCUT2D eigenvalue weighted by Gasteiger charge is 2.18. The van der Waals surface area contributed by atoms with Crippen LogP contribution in [0.3, 0.4) is 0 Å². The van der Waals surface area contributed by atoms with Crippen molar-refractivity contribution in [1.29, 1.82) is 0 Å².